The fraction of sp³-hybridized carbons (Fsp3) is 0.286. The van der Waals surface area contributed by atoms with Crippen LogP contribution in [0.4, 0.5) is 5.69 Å². The molecule has 0 bridgehead atoms. The van der Waals surface area contributed by atoms with Gasteiger partial charge >= 0.3 is 0 Å². The summed E-state index contributed by atoms with van der Waals surface area (Å²) in [4.78, 5) is 4.60. The molecular formula is C21H24N2O6. The third-order valence-corrected chi connectivity index (χ3v) is 4.43. The molecule has 1 aromatic heterocycles. The Morgan fingerprint density at radius 3 is 2.24 bits per heavy atom. The van der Waals surface area contributed by atoms with Crippen LogP contribution in [-0.2, 0) is 0 Å². The summed E-state index contributed by atoms with van der Waals surface area (Å²) in [5.41, 5.74) is 2.98. The van der Waals surface area contributed by atoms with Crippen LogP contribution in [0.1, 0.15) is 5.76 Å². The van der Waals surface area contributed by atoms with Crippen molar-refractivity contribution in [1.82, 2.24) is 4.98 Å². The van der Waals surface area contributed by atoms with Gasteiger partial charge in [0.15, 0.2) is 11.5 Å². The number of aromatic nitrogens is 1. The molecule has 0 aliphatic carbocycles. The first-order chi connectivity index (χ1) is 14.0. The molecule has 1 unspecified atom stereocenters. The second-order valence-electron chi connectivity index (χ2n) is 6.45. The van der Waals surface area contributed by atoms with Crippen LogP contribution in [0.2, 0.25) is 0 Å². The average Bonchev–Trinajstić information content (AvgIpc) is 3.14. The first-order valence-electron chi connectivity index (χ1n) is 9.02. The van der Waals surface area contributed by atoms with Gasteiger partial charge in [0.05, 0.1) is 26.9 Å². The van der Waals surface area contributed by atoms with E-state index in [1.54, 1.807) is 12.1 Å². The van der Waals surface area contributed by atoms with E-state index < -0.39 is 6.10 Å². The van der Waals surface area contributed by atoms with Crippen LogP contribution >= 0.6 is 0 Å². The van der Waals surface area contributed by atoms with Crippen molar-refractivity contribution in [2.45, 2.75) is 13.0 Å². The summed E-state index contributed by atoms with van der Waals surface area (Å²) >= 11 is 0. The van der Waals surface area contributed by atoms with E-state index >= 15 is 0 Å². The number of aliphatic hydroxyl groups is 2. The van der Waals surface area contributed by atoms with Crippen molar-refractivity contribution in [1.29, 1.82) is 0 Å². The van der Waals surface area contributed by atoms with Gasteiger partial charge in [-0.15, -0.1) is 0 Å². The highest BCUT2D eigenvalue weighted by Crippen LogP contribution is 2.41. The van der Waals surface area contributed by atoms with E-state index in [2.05, 4.69) is 10.3 Å². The van der Waals surface area contributed by atoms with Gasteiger partial charge in [0.25, 0.3) is 0 Å². The Morgan fingerprint density at radius 1 is 1.07 bits per heavy atom. The van der Waals surface area contributed by atoms with Crippen molar-refractivity contribution in [3.8, 4) is 40.0 Å². The number of aryl methyl sites for hydroxylation is 1. The lowest BCUT2D eigenvalue weighted by Gasteiger charge is -2.10. The predicted molar refractivity (Wildman–Crippen MR) is 108 cm³/mol. The standard InChI is InChI=1S/C21H24N2O6/c1-12-19(13-4-6-15(7-5-13)22-10-16(25)11-24)23-21(29-12)14-8-17(27-2)20(26)18(9-14)28-3/h4-9,16,22,24-26H,10-11H2,1-3H3. The molecule has 4 N–H and O–H groups in total. The van der Waals surface area contributed by atoms with E-state index in [0.29, 0.717) is 22.9 Å². The first-order valence-corrected chi connectivity index (χ1v) is 9.02. The van der Waals surface area contributed by atoms with Gasteiger partial charge in [-0.25, -0.2) is 4.98 Å². The molecular weight excluding hydrogens is 376 g/mol. The summed E-state index contributed by atoms with van der Waals surface area (Å²) in [7, 11) is 2.92. The summed E-state index contributed by atoms with van der Waals surface area (Å²) in [6.07, 6.45) is -0.811. The quantitative estimate of drug-likeness (QED) is 0.456. The van der Waals surface area contributed by atoms with E-state index in [1.807, 2.05) is 31.2 Å². The topological polar surface area (TPSA) is 117 Å². The fourth-order valence-corrected chi connectivity index (χ4v) is 2.85. The number of oxazole rings is 1. The van der Waals surface area contributed by atoms with E-state index in [4.69, 9.17) is 19.0 Å². The summed E-state index contributed by atoms with van der Waals surface area (Å²) < 4.78 is 16.2. The van der Waals surface area contributed by atoms with Crippen molar-refractivity contribution < 1.29 is 29.2 Å². The van der Waals surface area contributed by atoms with Gasteiger partial charge in [-0.3, -0.25) is 0 Å². The number of phenolic OH excluding ortho intramolecular Hbond substituents is 1. The van der Waals surface area contributed by atoms with Crippen molar-refractivity contribution in [2.75, 3.05) is 32.7 Å². The Bertz CT molecular complexity index is 943. The summed E-state index contributed by atoms with van der Waals surface area (Å²) in [5, 5.41) is 31.4. The van der Waals surface area contributed by atoms with Gasteiger partial charge in [0, 0.05) is 23.4 Å². The highest BCUT2D eigenvalue weighted by atomic mass is 16.5. The zero-order chi connectivity index (χ0) is 21.0. The van der Waals surface area contributed by atoms with Gasteiger partial charge in [-0.1, -0.05) is 12.1 Å². The third kappa shape index (κ3) is 4.44. The minimum atomic E-state index is -0.811. The maximum atomic E-state index is 10.1. The van der Waals surface area contributed by atoms with Crippen molar-refractivity contribution in [3.63, 3.8) is 0 Å². The van der Waals surface area contributed by atoms with E-state index in [9.17, 15) is 10.2 Å². The maximum absolute atomic E-state index is 10.1. The van der Waals surface area contributed by atoms with Crippen LogP contribution in [-0.4, -0.2) is 53.8 Å². The van der Waals surface area contributed by atoms with Gasteiger partial charge < -0.3 is 34.5 Å². The number of benzene rings is 2. The van der Waals surface area contributed by atoms with Crippen LogP contribution in [0.15, 0.2) is 40.8 Å². The molecule has 0 saturated carbocycles. The number of anilines is 1. The Morgan fingerprint density at radius 2 is 1.69 bits per heavy atom. The molecule has 29 heavy (non-hydrogen) atoms. The molecule has 8 heteroatoms. The van der Waals surface area contributed by atoms with Crippen LogP contribution in [0.5, 0.6) is 17.2 Å². The van der Waals surface area contributed by atoms with Crippen molar-refractivity contribution in [2.24, 2.45) is 0 Å². The molecule has 154 valence electrons. The average molecular weight is 400 g/mol. The number of rotatable bonds is 8. The molecule has 1 atom stereocenters. The largest absolute Gasteiger partial charge is 0.502 e. The lowest BCUT2D eigenvalue weighted by atomic mass is 10.1. The molecule has 1 heterocycles. The van der Waals surface area contributed by atoms with Crippen LogP contribution in [0.25, 0.3) is 22.7 Å². The van der Waals surface area contributed by atoms with E-state index in [1.165, 1.54) is 14.2 Å². The van der Waals surface area contributed by atoms with Gasteiger partial charge in [-0.05, 0) is 31.2 Å². The molecule has 8 nitrogen and oxygen atoms in total. The molecule has 0 amide bonds. The monoisotopic (exact) mass is 400 g/mol. The summed E-state index contributed by atoms with van der Waals surface area (Å²) in [6.45, 7) is 1.79. The van der Waals surface area contributed by atoms with Gasteiger partial charge in [0.1, 0.15) is 11.5 Å². The predicted octanol–water partition coefficient (Wildman–Crippen LogP) is 2.80. The molecule has 3 rings (SSSR count). The number of nitrogens with zero attached hydrogens (tertiary/aromatic N) is 1. The third-order valence-electron chi connectivity index (χ3n) is 4.43. The second-order valence-corrected chi connectivity index (χ2v) is 6.45. The summed E-state index contributed by atoms with van der Waals surface area (Å²) in [6, 6.07) is 10.8. The highest BCUT2D eigenvalue weighted by Gasteiger charge is 2.18. The number of hydrogen-bond donors (Lipinski definition) is 4. The van der Waals surface area contributed by atoms with Crippen molar-refractivity contribution in [3.05, 3.63) is 42.2 Å². The van der Waals surface area contributed by atoms with E-state index in [-0.39, 0.29) is 30.4 Å². The molecule has 3 aromatic rings. The number of hydrogen-bond acceptors (Lipinski definition) is 8. The molecule has 0 spiro atoms. The van der Waals surface area contributed by atoms with Gasteiger partial charge in [0.2, 0.25) is 11.6 Å². The fourth-order valence-electron chi connectivity index (χ4n) is 2.85. The number of aliphatic hydroxyl groups excluding tert-OH is 2. The molecule has 2 aromatic carbocycles. The van der Waals surface area contributed by atoms with Crippen LogP contribution in [0.3, 0.4) is 0 Å². The molecule has 0 saturated heterocycles. The zero-order valence-electron chi connectivity index (χ0n) is 16.5. The lowest BCUT2D eigenvalue weighted by molar-refractivity contribution is 0.105. The number of nitrogens with one attached hydrogen (secondary N) is 1. The molecule has 0 fully saturated rings. The molecule has 0 aliphatic rings. The number of phenols is 1. The highest BCUT2D eigenvalue weighted by molar-refractivity contribution is 5.70. The smallest absolute Gasteiger partial charge is 0.227 e. The van der Waals surface area contributed by atoms with Crippen LogP contribution < -0.4 is 14.8 Å². The number of methoxy groups -OCH3 is 2. The number of aromatic hydroxyl groups is 1. The minimum Gasteiger partial charge on any atom is -0.502 e. The number of ether oxygens (including phenoxy) is 2. The van der Waals surface area contributed by atoms with Crippen LogP contribution in [0, 0.1) is 6.92 Å². The SMILES string of the molecule is COc1cc(-c2nc(-c3ccc(NCC(O)CO)cc3)c(C)o2)cc(OC)c1O. The lowest BCUT2D eigenvalue weighted by Crippen LogP contribution is -2.22. The summed E-state index contributed by atoms with van der Waals surface area (Å²) in [5.74, 6) is 1.45. The maximum Gasteiger partial charge on any atom is 0.227 e. The Kier molecular flexibility index (Phi) is 6.26. The molecule has 0 aliphatic heterocycles. The zero-order valence-corrected chi connectivity index (χ0v) is 16.5. The van der Waals surface area contributed by atoms with E-state index in [0.717, 1.165) is 11.3 Å². The Labute approximate surface area is 168 Å². The van der Waals surface area contributed by atoms with Gasteiger partial charge in [-0.2, -0.15) is 0 Å². The minimum absolute atomic E-state index is 0.0864. The molecule has 0 radical (unpaired) electrons. The van der Waals surface area contributed by atoms with Crippen molar-refractivity contribution >= 4 is 5.69 Å². The normalized spacial score (nSPS) is 11.9. The Balaban J connectivity index is 1.87. The Hall–Kier alpha value is -3.23. The first kappa shape index (κ1) is 20.5. The second kappa shape index (κ2) is 8.85.